The minimum atomic E-state index is 0. The summed E-state index contributed by atoms with van der Waals surface area (Å²) in [5.74, 6) is 0. The molecule has 0 saturated carbocycles. The third kappa shape index (κ3) is 1.57. The molecule has 1 nitrogen and oxygen atoms in total. The molecule has 0 radical (unpaired) electrons. The number of allylic oxidation sites excluding steroid dienone is 2. The van der Waals surface area contributed by atoms with E-state index >= 15 is 0 Å². The zero-order valence-electron chi connectivity index (χ0n) is 6.04. The normalized spacial score (nSPS) is 14.7. The molecule has 1 heterocycles. The fraction of sp³-hybridized carbons (Fsp3) is 0.250. The van der Waals surface area contributed by atoms with Gasteiger partial charge in [-0.25, -0.2) is 0 Å². The third-order valence-electron chi connectivity index (χ3n) is 1.79. The van der Waals surface area contributed by atoms with E-state index in [0.29, 0.717) is 0 Å². The van der Waals surface area contributed by atoms with Crippen molar-refractivity contribution < 1.29 is 0 Å². The molecular formula is C8H10ClNS. The van der Waals surface area contributed by atoms with Gasteiger partial charge in [0.15, 0.2) is 0 Å². The molecule has 1 aromatic rings. The van der Waals surface area contributed by atoms with Crippen LogP contribution in [0.3, 0.4) is 0 Å². The summed E-state index contributed by atoms with van der Waals surface area (Å²) in [7, 11) is 0. The van der Waals surface area contributed by atoms with Crippen LogP contribution in [0.25, 0.3) is 0 Å². The van der Waals surface area contributed by atoms with Crippen LogP contribution in [0.4, 0.5) is 0 Å². The van der Waals surface area contributed by atoms with E-state index in [2.05, 4.69) is 17.5 Å². The van der Waals surface area contributed by atoms with Crippen molar-refractivity contribution in [1.82, 2.24) is 0 Å². The second-order valence-corrected chi connectivity index (χ2v) is 3.53. The maximum absolute atomic E-state index is 5.68. The molecule has 0 spiro atoms. The van der Waals surface area contributed by atoms with Crippen LogP contribution in [0.5, 0.6) is 0 Å². The van der Waals surface area contributed by atoms with Gasteiger partial charge in [-0.15, -0.1) is 23.7 Å². The largest absolute Gasteiger partial charge is 0.402 e. The van der Waals surface area contributed by atoms with Gasteiger partial charge in [0, 0.05) is 17.0 Å². The van der Waals surface area contributed by atoms with Crippen molar-refractivity contribution in [2.24, 2.45) is 5.73 Å². The van der Waals surface area contributed by atoms with Crippen LogP contribution in [-0.4, -0.2) is 0 Å². The molecule has 0 unspecified atom stereocenters. The minimum Gasteiger partial charge on any atom is -0.402 e. The maximum Gasteiger partial charge on any atom is 0.0215 e. The van der Waals surface area contributed by atoms with Gasteiger partial charge in [0.05, 0.1) is 0 Å². The number of rotatable bonds is 0. The first-order valence-corrected chi connectivity index (χ1v) is 4.24. The summed E-state index contributed by atoms with van der Waals surface area (Å²) >= 11 is 1.81. The van der Waals surface area contributed by atoms with Crippen LogP contribution < -0.4 is 5.73 Å². The molecule has 1 aromatic heterocycles. The van der Waals surface area contributed by atoms with Crippen molar-refractivity contribution in [1.29, 1.82) is 0 Å². The number of nitrogens with two attached hydrogens (primary N) is 1. The van der Waals surface area contributed by atoms with E-state index in [1.165, 1.54) is 10.4 Å². The van der Waals surface area contributed by atoms with Gasteiger partial charge in [-0.1, -0.05) is 6.08 Å². The van der Waals surface area contributed by atoms with Crippen LogP contribution in [-0.2, 0) is 12.8 Å². The summed E-state index contributed by atoms with van der Waals surface area (Å²) < 4.78 is 0. The highest BCUT2D eigenvalue weighted by atomic mass is 35.5. The Kier molecular flexibility index (Phi) is 2.58. The van der Waals surface area contributed by atoms with Crippen molar-refractivity contribution in [3.05, 3.63) is 33.7 Å². The zero-order valence-corrected chi connectivity index (χ0v) is 7.67. The van der Waals surface area contributed by atoms with Gasteiger partial charge in [-0.2, -0.15) is 0 Å². The van der Waals surface area contributed by atoms with Gasteiger partial charge in [0.2, 0.25) is 0 Å². The molecular weight excluding hydrogens is 178 g/mol. The van der Waals surface area contributed by atoms with E-state index < -0.39 is 0 Å². The summed E-state index contributed by atoms with van der Waals surface area (Å²) in [5.41, 5.74) is 8.16. The molecule has 0 bridgehead atoms. The molecule has 0 atom stereocenters. The number of hydrogen-bond donors (Lipinski definition) is 1. The lowest BCUT2D eigenvalue weighted by atomic mass is 10.0. The molecule has 0 aromatic carbocycles. The van der Waals surface area contributed by atoms with Gasteiger partial charge < -0.3 is 5.73 Å². The molecule has 60 valence electrons. The number of thiophene rings is 1. The summed E-state index contributed by atoms with van der Waals surface area (Å²) in [6.45, 7) is 0. The first kappa shape index (κ1) is 8.62. The van der Waals surface area contributed by atoms with Crippen LogP contribution in [0.2, 0.25) is 0 Å². The van der Waals surface area contributed by atoms with Crippen LogP contribution in [0.15, 0.2) is 23.2 Å². The second-order valence-electron chi connectivity index (χ2n) is 2.53. The lowest BCUT2D eigenvalue weighted by Crippen LogP contribution is -2.06. The average Bonchev–Trinajstić information content (AvgIpc) is 2.33. The maximum atomic E-state index is 5.68. The minimum absolute atomic E-state index is 0. The zero-order chi connectivity index (χ0) is 6.97. The second kappa shape index (κ2) is 3.28. The average molecular weight is 188 g/mol. The highest BCUT2D eigenvalue weighted by Gasteiger charge is 2.08. The molecule has 3 heteroatoms. The molecule has 1 aliphatic carbocycles. The van der Waals surface area contributed by atoms with Gasteiger partial charge in [0.1, 0.15) is 0 Å². The molecule has 11 heavy (non-hydrogen) atoms. The van der Waals surface area contributed by atoms with Crippen molar-refractivity contribution in [2.45, 2.75) is 12.8 Å². The lowest BCUT2D eigenvalue weighted by Gasteiger charge is -2.07. The summed E-state index contributed by atoms with van der Waals surface area (Å²) in [6, 6.07) is 2.18. The van der Waals surface area contributed by atoms with Crippen molar-refractivity contribution in [3.8, 4) is 0 Å². The molecule has 1 aliphatic rings. The Bertz CT molecular complexity index is 277. The lowest BCUT2D eigenvalue weighted by molar-refractivity contribution is 1.03. The van der Waals surface area contributed by atoms with E-state index in [1.54, 1.807) is 0 Å². The van der Waals surface area contributed by atoms with Gasteiger partial charge >= 0.3 is 0 Å². The quantitative estimate of drug-likeness (QED) is 0.662. The Balaban J connectivity index is 0.000000605. The van der Waals surface area contributed by atoms with Gasteiger partial charge in [0.25, 0.3) is 0 Å². The van der Waals surface area contributed by atoms with E-state index in [0.717, 1.165) is 18.5 Å². The predicted molar refractivity (Wildman–Crippen MR) is 51.2 cm³/mol. The SMILES string of the molecule is Cl.NC1=CCc2ccsc2C1. The monoisotopic (exact) mass is 187 g/mol. The van der Waals surface area contributed by atoms with Gasteiger partial charge in [-0.3, -0.25) is 0 Å². The summed E-state index contributed by atoms with van der Waals surface area (Å²) in [4.78, 5) is 1.44. The molecule has 2 rings (SSSR count). The predicted octanol–water partition coefficient (Wildman–Crippen LogP) is 2.11. The van der Waals surface area contributed by atoms with Crippen molar-refractivity contribution in [2.75, 3.05) is 0 Å². The number of fused-ring (bicyclic) bond motifs is 1. The van der Waals surface area contributed by atoms with E-state index in [-0.39, 0.29) is 12.4 Å². The Morgan fingerprint density at radius 1 is 1.45 bits per heavy atom. The van der Waals surface area contributed by atoms with Gasteiger partial charge in [-0.05, 0) is 23.4 Å². The Morgan fingerprint density at radius 3 is 3.09 bits per heavy atom. The van der Waals surface area contributed by atoms with E-state index in [9.17, 15) is 0 Å². The van der Waals surface area contributed by atoms with Crippen LogP contribution >= 0.6 is 23.7 Å². The topological polar surface area (TPSA) is 26.0 Å². The standard InChI is InChI=1S/C8H9NS.ClH/c9-7-2-1-6-3-4-10-8(6)5-7;/h2-4H,1,5,9H2;1H. The molecule has 0 saturated heterocycles. The van der Waals surface area contributed by atoms with Crippen LogP contribution in [0.1, 0.15) is 10.4 Å². The first-order chi connectivity index (χ1) is 4.86. The van der Waals surface area contributed by atoms with E-state index in [1.807, 2.05) is 11.3 Å². The third-order valence-corrected chi connectivity index (χ3v) is 2.75. The number of hydrogen-bond acceptors (Lipinski definition) is 2. The molecule has 0 amide bonds. The molecule has 2 N–H and O–H groups in total. The molecule has 0 fully saturated rings. The summed E-state index contributed by atoms with van der Waals surface area (Å²) in [6.07, 6.45) is 4.10. The van der Waals surface area contributed by atoms with Crippen LogP contribution in [0, 0.1) is 0 Å². The number of halogens is 1. The fourth-order valence-corrected chi connectivity index (χ4v) is 2.15. The first-order valence-electron chi connectivity index (χ1n) is 3.36. The Labute approximate surface area is 76.3 Å². The highest BCUT2D eigenvalue weighted by molar-refractivity contribution is 7.10. The highest BCUT2D eigenvalue weighted by Crippen LogP contribution is 2.23. The summed E-state index contributed by atoms with van der Waals surface area (Å²) in [5, 5.41) is 2.14. The Morgan fingerprint density at radius 2 is 2.27 bits per heavy atom. The fourth-order valence-electron chi connectivity index (χ4n) is 1.20. The van der Waals surface area contributed by atoms with Crippen molar-refractivity contribution in [3.63, 3.8) is 0 Å². The molecule has 0 aliphatic heterocycles. The Hall–Kier alpha value is -0.470. The smallest absolute Gasteiger partial charge is 0.0215 e. The van der Waals surface area contributed by atoms with Crippen molar-refractivity contribution >= 4 is 23.7 Å². The van der Waals surface area contributed by atoms with E-state index in [4.69, 9.17) is 5.73 Å².